The first kappa shape index (κ1) is 26.3. The van der Waals surface area contributed by atoms with Crippen molar-refractivity contribution in [1.82, 2.24) is 9.80 Å². The number of hydrogen-bond donors (Lipinski definition) is 0. The van der Waals surface area contributed by atoms with Crippen LogP contribution in [0.5, 0.6) is 0 Å². The fourth-order valence-electron chi connectivity index (χ4n) is 4.65. The number of rotatable bonds is 7. The SMILES string of the molecule is CC(=O)N(C)CCC1(c2ccc(F)cc2)CCN(C(C)c2ccc(-c3ccc(F)cc3F)cc2)C(=O)O1. The highest BCUT2D eigenvalue weighted by Gasteiger charge is 2.43. The van der Waals surface area contributed by atoms with Gasteiger partial charge in [0.1, 0.15) is 23.1 Å². The topological polar surface area (TPSA) is 49.9 Å². The Morgan fingerprint density at radius 1 is 1.03 bits per heavy atom. The molecule has 3 aromatic rings. The molecule has 1 heterocycles. The van der Waals surface area contributed by atoms with Crippen LogP contribution in [0.4, 0.5) is 18.0 Å². The average molecular weight is 511 g/mol. The minimum Gasteiger partial charge on any atom is -0.438 e. The molecule has 0 aliphatic carbocycles. The van der Waals surface area contributed by atoms with Crippen LogP contribution in [-0.2, 0) is 15.1 Å². The molecular formula is C29H29F3N2O3. The maximum atomic E-state index is 14.2. The highest BCUT2D eigenvalue weighted by atomic mass is 19.1. The van der Waals surface area contributed by atoms with Crippen molar-refractivity contribution in [2.45, 2.75) is 38.3 Å². The van der Waals surface area contributed by atoms with Gasteiger partial charge in [-0.25, -0.2) is 18.0 Å². The van der Waals surface area contributed by atoms with Crippen molar-refractivity contribution in [3.05, 3.63) is 95.3 Å². The molecule has 2 amide bonds. The van der Waals surface area contributed by atoms with E-state index in [1.165, 1.54) is 31.2 Å². The molecule has 0 radical (unpaired) electrons. The third kappa shape index (κ3) is 5.63. The van der Waals surface area contributed by atoms with E-state index in [1.807, 2.05) is 6.92 Å². The third-order valence-electron chi connectivity index (χ3n) is 7.14. The second-order valence-electron chi connectivity index (χ2n) is 9.43. The summed E-state index contributed by atoms with van der Waals surface area (Å²) in [4.78, 5) is 28.2. The summed E-state index contributed by atoms with van der Waals surface area (Å²) in [6.07, 6.45) is 0.321. The van der Waals surface area contributed by atoms with Crippen molar-refractivity contribution in [3.63, 3.8) is 0 Å². The summed E-state index contributed by atoms with van der Waals surface area (Å²) in [5.41, 5.74) is 1.40. The van der Waals surface area contributed by atoms with Gasteiger partial charge in [-0.2, -0.15) is 0 Å². The Morgan fingerprint density at radius 3 is 2.27 bits per heavy atom. The quantitative estimate of drug-likeness (QED) is 0.368. The Kier molecular flexibility index (Phi) is 7.57. The van der Waals surface area contributed by atoms with E-state index in [2.05, 4.69) is 0 Å². The molecule has 194 valence electrons. The fourth-order valence-corrected chi connectivity index (χ4v) is 4.65. The van der Waals surface area contributed by atoms with Crippen LogP contribution in [0.15, 0.2) is 66.7 Å². The first-order chi connectivity index (χ1) is 17.6. The molecule has 2 atom stereocenters. The van der Waals surface area contributed by atoms with Crippen LogP contribution in [0.3, 0.4) is 0 Å². The second kappa shape index (κ2) is 10.7. The first-order valence-corrected chi connectivity index (χ1v) is 12.1. The molecule has 2 unspecified atom stereocenters. The van der Waals surface area contributed by atoms with Crippen molar-refractivity contribution in [2.24, 2.45) is 0 Å². The third-order valence-corrected chi connectivity index (χ3v) is 7.14. The van der Waals surface area contributed by atoms with Gasteiger partial charge in [0.05, 0.1) is 6.04 Å². The maximum absolute atomic E-state index is 14.2. The van der Waals surface area contributed by atoms with Gasteiger partial charge < -0.3 is 14.5 Å². The number of carbonyl (C=O) groups excluding carboxylic acids is 2. The Labute approximate surface area is 214 Å². The van der Waals surface area contributed by atoms with Crippen molar-refractivity contribution in [1.29, 1.82) is 0 Å². The molecule has 5 nitrogen and oxygen atoms in total. The number of hydrogen-bond acceptors (Lipinski definition) is 3. The van der Waals surface area contributed by atoms with E-state index in [1.54, 1.807) is 53.2 Å². The molecule has 0 aromatic heterocycles. The maximum Gasteiger partial charge on any atom is 0.411 e. The number of benzene rings is 3. The van der Waals surface area contributed by atoms with Gasteiger partial charge in [-0.15, -0.1) is 0 Å². The zero-order valence-corrected chi connectivity index (χ0v) is 21.0. The van der Waals surface area contributed by atoms with E-state index in [0.717, 1.165) is 11.6 Å². The average Bonchev–Trinajstić information content (AvgIpc) is 2.87. The number of ether oxygens (including phenoxy) is 1. The standard InChI is InChI=1S/C29H29F3N2O3/c1-19(21-4-6-22(7-5-21)26-13-12-25(31)18-27(26)32)34-17-15-29(37-28(34)36,14-16-33(3)20(2)35)23-8-10-24(30)11-9-23/h4-13,18-19H,14-17H2,1-3H3. The first-order valence-electron chi connectivity index (χ1n) is 12.1. The van der Waals surface area contributed by atoms with Crippen LogP contribution in [-0.4, -0.2) is 41.9 Å². The molecule has 0 spiro atoms. The summed E-state index contributed by atoms with van der Waals surface area (Å²) < 4.78 is 47.1. The van der Waals surface area contributed by atoms with Gasteiger partial charge in [-0.05, 0) is 47.9 Å². The van der Waals surface area contributed by atoms with Crippen molar-refractivity contribution in [3.8, 4) is 11.1 Å². The summed E-state index contributed by atoms with van der Waals surface area (Å²) in [5.74, 6) is -1.77. The number of halogens is 3. The second-order valence-corrected chi connectivity index (χ2v) is 9.43. The van der Waals surface area contributed by atoms with E-state index >= 15 is 0 Å². The van der Waals surface area contributed by atoms with Crippen molar-refractivity contribution in [2.75, 3.05) is 20.1 Å². The molecule has 8 heteroatoms. The molecule has 1 saturated heterocycles. The smallest absolute Gasteiger partial charge is 0.411 e. The normalized spacial score (nSPS) is 18.3. The monoisotopic (exact) mass is 510 g/mol. The van der Waals surface area contributed by atoms with E-state index in [4.69, 9.17) is 4.74 Å². The van der Waals surface area contributed by atoms with Crippen LogP contribution in [0.25, 0.3) is 11.1 Å². The number of cyclic esters (lactones) is 1. The number of nitrogens with zero attached hydrogens (tertiary/aromatic N) is 2. The summed E-state index contributed by atoms with van der Waals surface area (Å²) in [6, 6.07) is 16.1. The predicted molar refractivity (Wildman–Crippen MR) is 134 cm³/mol. The zero-order valence-electron chi connectivity index (χ0n) is 21.0. The minimum absolute atomic E-state index is 0.101. The van der Waals surface area contributed by atoms with Gasteiger partial charge in [0.2, 0.25) is 5.91 Å². The molecule has 4 rings (SSSR count). The molecule has 0 bridgehead atoms. The van der Waals surface area contributed by atoms with E-state index < -0.39 is 23.3 Å². The highest BCUT2D eigenvalue weighted by molar-refractivity contribution is 5.73. The van der Waals surface area contributed by atoms with E-state index in [-0.39, 0.29) is 23.3 Å². The van der Waals surface area contributed by atoms with Gasteiger partial charge in [0.25, 0.3) is 0 Å². The fraction of sp³-hybridized carbons (Fsp3) is 0.310. The van der Waals surface area contributed by atoms with Crippen LogP contribution in [0.2, 0.25) is 0 Å². The van der Waals surface area contributed by atoms with Gasteiger partial charge in [-0.1, -0.05) is 36.4 Å². The summed E-state index contributed by atoms with van der Waals surface area (Å²) in [5, 5.41) is 0. The van der Waals surface area contributed by atoms with Crippen LogP contribution in [0.1, 0.15) is 43.9 Å². The minimum atomic E-state index is -0.991. The Bertz CT molecular complexity index is 1280. The molecule has 0 saturated carbocycles. The molecular weight excluding hydrogens is 481 g/mol. The largest absolute Gasteiger partial charge is 0.438 e. The van der Waals surface area contributed by atoms with E-state index in [9.17, 15) is 22.8 Å². The molecule has 1 aliphatic rings. The van der Waals surface area contributed by atoms with Gasteiger partial charge in [0.15, 0.2) is 0 Å². The van der Waals surface area contributed by atoms with Crippen LogP contribution >= 0.6 is 0 Å². The predicted octanol–water partition coefficient (Wildman–Crippen LogP) is 6.44. The van der Waals surface area contributed by atoms with Gasteiger partial charge in [0, 0.05) is 51.5 Å². The Morgan fingerprint density at radius 2 is 1.68 bits per heavy atom. The summed E-state index contributed by atoms with van der Waals surface area (Å²) in [6.45, 7) is 4.10. The van der Waals surface area contributed by atoms with E-state index in [0.29, 0.717) is 37.1 Å². The summed E-state index contributed by atoms with van der Waals surface area (Å²) >= 11 is 0. The summed E-state index contributed by atoms with van der Waals surface area (Å²) in [7, 11) is 1.68. The lowest BCUT2D eigenvalue weighted by Crippen LogP contribution is -2.49. The molecule has 0 N–H and O–H groups in total. The molecule has 3 aromatic carbocycles. The highest BCUT2D eigenvalue weighted by Crippen LogP contribution is 2.40. The van der Waals surface area contributed by atoms with Crippen LogP contribution in [0, 0.1) is 17.5 Å². The molecule has 37 heavy (non-hydrogen) atoms. The van der Waals surface area contributed by atoms with Gasteiger partial charge >= 0.3 is 6.09 Å². The Hall–Kier alpha value is -3.81. The molecule has 1 fully saturated rings. The van der Waals surface area contributed by atoms with Crippen LogP contribution < -0.4 is 0 Å². The lowest BCUT2D eigenvalue weighted by atomic mass is 9.85. The molecule has 1 aliphatic heterocycles. The Balaban J connectivity index is 1.53. The number of carbonyl (C=O) groups is 2. The lowest BCUT2D eigenvalue weighted by Gasteiger charge is -2.44. The van der Waals surface area contributed by atoms with Crippen molar-refractivity contribution >= 4 is 12.0 Å². The number of amides is 2. The zero-order chi connectivity index (χ0) is 26.7. The van der Waals surface area contributed by atoms with Gasteiger partial charge in [-0.3, -0.25) is 4.79 Å². The lowest BCUT2D eigenvalue weighted by molar-refractivity contribution is -0.128. The van der Waals surface area contributed by atoms with Crippen molar-refractivity contribution < 1.29 is 27.5 Å².